The first-order chi connectivity index (χ1) is 15.6. The second-order valence-electron chi connectivity index (χ2n) is 13.1. The fourth-order valence-corrected chi connectivity index (χ4v) is 10.4. The summed E-state index contributed by atoms with van der Waals surface area (Å²) in [7, 11) is 13.6. The van der Waals surface area contributed by atoms with Crippen LogP contribution in [0.25, 0.3) is 17.2 Å². The zero-order chi connectivity index (χ0) is 25.6. The van der Waals surface area contributed by atoms with Crippen LogP contribution in [0.3, 0.4) is 0 Å². The average Bonchev–Trinajstić information content (AvgIpc) is 3.07. The molecule has 2 aromatic rings. The molecule has 0 fully saturated rings. The van der Waals surface area contributed by atoms with E-state index in [0.717, 1.165) is 6.42 Å². The van der Waals surface area contributed by atoms with Crippen molar-refractivity contribution in [1.82, 2.24) is 0 Å². The molecule has 3 heteroatoms. The van der Waals surface area contributed by atoms with Crippen LogP contribution in [0.4, 0.5) is 0 Å². The van der Waals surface area contributed by atoms with Crippen LogP contribution >= 0.6 is 17.0 Å². The third kappa shape index (κ3) is 5.95. The summed E-state index contributed by atoms with van der Waals surface area (Å²) in [5.74, 6) is 0. The second-order valence-corrected chi connectivity index (χ2v) is 21.9. The maximum absolute atomic E-state index is 6.80. The molecule has 0 aliphatic heterocycles. The van der Waals surface area contributed by atoms with E-state index in [4.69, 9.17) is 17.0 Å². The van der Waals surface area contributed by atoms with Crippen molar-refractivity contribution >= 4 is 23.1 Å². The van der Waals surface area contributed by atoms with E-state index in [1.165, 1.54) is 57.4 Å². The normalized spacial score (nSPS) is 16.5. The van der Waals surface area contributed by atoms with Gasteiger partial charge in [0.25, 0.3) is 0 Å². The average molecular weight is 578 g/mol. The summed E-state index contributed by atoms with van der Waals surface area (Å²) in [5.41, 5.74) is 11.3. The minimum absolute atomic E-state index is 0.0308. The molecule has 1 atom stereocenters. The van der Waals surface area contributed by atoms with Crippen molar-refractivity contribution in [3.63, 3.8) is 0 Å². The predicted molar refractivity (Wildman–Crippen MR) is 150 cm³/mol. The van der Waals surface area contributed by atoms with E-state index in [-0.39, 0.29) is 19.9 Å². The number of halogens is 2. The van der Waals surface area contributed by atoms with Gasteiger partial charge in [0.1, 0.15) is 0 Å². The van der Waals surface area contributed by atoms with Crippen molar-refractivity contribution in [2.75, 3.05) is 0 Å². The number of fused-ring (bicyclic) bond motifs is 1. The number of unbranched alkanes of at least 4 members (excludes halogenated alkanes) is 1. The Morgan fingerprint density at radius 1 is 0.794 bits per heavy atom. The number of benzene rings is 2. The molecule has 0 nitrogen and oxygen atoms in total. The molecule has 0 aromatic heterocycles. The van der Waals surface area contributed by atoms with E-state index in [1.807, 2.05) is 0 Å². The van der Waals surface area contributed by atoms with E-state index in [9.17, 15) is 0 Å². The maximum atomic E-state index is 6.80. The molecule has 0 radical (unpaired) electrons. The first-order valence-electron chi connectivity index (χ1n) is 12.8. The van der Waals surface area contributed by atoms with Gasteiger partial charge in [0.15, 0.2) is 0 Å². The monoisotopic (exact) mass is 575 g/mol. The van der Waals surface area contributed by atoms with E-state index in [0.29, 0.717) is 0 Å². The number of hydrogen-bond donors (Lipinski definition) is 0. The summed E-state index contributed by atoms with van der Waals surface area (Å²) >= 11 is -2.55. The van der Waals surface area contributed by atoms with Crippen molar-refractivity contribution in [1.29, 1.82) is 0 Å². The summed E-state index contributed by atoms with van der Waals surface area (Å²) < 4.78 is 0.271. The molecular weight excluding hydrogens is 534 g/mol. The number of allylic oxidation sites excluding steroid dienone is 1. The summed E-state index contributed by atoms with van der Waals surface area (Å²) in [4.78, 5) is 0. The van der Waals surface area contributed by atoms with Gasteiger partial charge in [0, 0.05) is 0 Å². The van der Waals surface area contributed by atoms with Gasteiger partial charge >= 0.3 is 226 Å². The Morgan fingerprint density at radius 2 is 1.35 bits per heavy atom. The van der Waals surface area contributed by atoms with Gasteiger partial charge < -0.3 is 0 Å². The quantitative estimate of drug-likeness (QED) is 0.332. The molecule has 0 heterocycles. The van der Waals surface area contributed by atoms with Crippen molar-refractivity contribution in [2.24, 2.45) is 0 Å². The van der Waals surface area contributed by atoms with Crippen molar-refractivity contribution in [3.05, 3.63) is 63.7 Å². The third-order valence-corrected chi connectivity index (χ3v) is 12.4. The molecular formula is C31H43Cl2Zr. The van der Waals surface area contributed by atoms with Crippen LogP contribution in [0, 0.1) is 0 Å². The van der Waals surface area contributed by atoms with Gasteiger partial charge in [-0.25, -0.2) is 0 Å². The van der Waals surface area contributed by atoms with E-state index >= 15 is 0 Å². The van der Waals surface area contributed by atoms with Gasteiger partial charge in [-0.3, -0.25) is 0 Å². The molecule has 0 N–H and O–H groups in total. The Hall–Kier alpha value is -0.357. The Kier molecular flexibility index (Phi) is 8.45. The molecule has 3 rings (SSSR count). The molecule has 1 aliphatic carbocycles. The van der Waals surface area contributed by atoms with Crippen molar-refractivity contribution < 1.29 is 19.4 Å². The first-order valence-corrected chi connectivity index (χ1v) is 20.5. The molecule has 0 spiro atoms. The van der Waals surface area contributed by atoms with Crippen LogP contribution in [0.5, 0.6) is 0 Å². The fourth-order valence-electron chi connectivity index (χ4n) is 4.94. The topological polar surface area (TPSA) is 0 Å². The molecule has 0 amide bonds. The molecule has 34 heavy (non-hydrogen) atoms. The van der Waals surface area contributed by atoms with Gasteiger partial charge in [-0.15, -0.1) is 0 Å². The third-order valence-electron chi connectivity index (χ3n) is 7.09. The van der Waals surface area contributed by atoms with Crippen LogP contribution in [0.1, 0.15) is 120 Å². The first kappa shape index (κ1) is 28.2. The van der Waals surface area contributed by atoms with Gasteiger partial charge in [-0.2, -0.15) is 0 Å². The Labute approximate surface area is 224 Å². The molecule has 1 aliphatic rings. The Bertz CT molecular complexity index is 1040. The molecule has 1 unspecified atom stereocenters. The SMILES string of the molecule is CCCCC1=Cc2c(ccc(C(C)(C)C)c2-c2cc(C(C)(C)C)cc(C(C)(C)C)c2)[CH]1[Zr]([Cl])[Cl]. The molecule has 2 aromatic carbocycles. The summed E-state index contributed by atoms with van der Waals surface area (Å²) in [6, 6.07) is 12.0. The summed E-state index contributed by atoms with van der Waals surface area (Å²) in [6.45, 7) is 23.1. The number of hydrogen-bond acceptors (Lipinski definition) is 0. The van der Waals surface area contributed by atoms with E-state index in [1.54, 1.807) is 0 Å². The van der Waals surface area contributed by atoms with Gasteiger partial charge in [-0.1, -0.05) is 0 Å². The molecule has 185 valence electrons. The van der Waals surface area contributed by atoms with Crippen LogP contribution < -0.4 is 0 Å². The summed E-state index contributed by atoms with van der Waals surface area (Å²) in [6.07, 6.45) is 5.94. The van der Waals surface area contributed by atoms with Crippen LogP contribution in [0.15, 0.2) is 35.9 Å². The van der Waals surface area contributed by atoms with Crippen LogP contribution in [0.2, 0.25) is 0 Å². The van der Waals surface area contributed by atoms with Gasteiger partial charge in [-0.05, 0) is 0 Å². The minimum atomic E-state index is -2.55. The van der Waals surface area contributed by atoms with Crippen molar-refractivity contribution in [3.8, 4) is 11.1 Å². The van der Waals surface area contributed by atoms with Crippen LogP contribution in [-0.2, 0) is 35.6 Å². The Morgan fingerprint density at radius 3 is 1.79 bits per heavy atom. The van der Waals surface area contributed by atoms with Gasteiger partial charge in [0.05, 0.1) is 0 Å². The standard InChI is InChI=1S/C31H43.2ClH.Zr/c1-11-12-13-21-16-22-14-15-27(31(8,9)10)28(26(22)17-21)23-18-24(29(2,3)4)20-25(19-23)30(5,6)7;;;/h14-20H,11-13H2,1-10H3;2*1H;/q;;;+2/p-2. The van der Waals surface area contributed by atoms with Crippen LogP contribution in [-0.4, -0.2) is 0 Å². The zero-order valence-corrected chi connectivity index (χ0v) is 26.9. The van der Waals surface area contributed by atoms with Crippen molar-refractivity contribution in [2.45, 2.75) is 108 Å². The summed E-state index contributed by atoms with van der Waals surface area (Å²) in [5, 5.41) is 0. The number of rotatable bonds is 5. The molecule has 0 bridgehead atoms. The molecule has 0 saturated heterocycles. The van der Waals surface area contributed by atoms with E-state index in [2.05, 4.69) is 106 Å². The second kappa shape index (κ2) is 10.2. The predicted octanol–water partition coefficient (Wildman–Crippen LogP) is 10.8. The zero-order valence-electron chi connectivity index (χ0n) is 22.9. The van der Waals surface area contributed by atoms with E-state index < -0.39 is 19.4 Å². The molecule has 0 saturated carbocycles. The van der Waals surface area contributed by atoms with Gasteiger partial charge in [0.2, 0.25) is 0 Å². The fraction of sp³-hybridized carbons (Fsp3) is 0.548. The Balaban J connectivity index is 2.40.